The summed E-state index contributed by atoms with van der Waals surface area (Å²) < 4.78 is 0. The molecule has 1 aliphatic heterocycles. The van der Waals surface area contributed by atoms with Crippen molar-refractivity contribution in [2.24, 2.45) is 11.7 Å². The number of nitrogens with two attached hydrogens (primary N) is 1. The first-order valence-corrected chi connectivity index (χ1v) is 7.12. The van der Waals surface area contributed by atoms with Gasteiger partial charge in [-0.2, -0.15) is 0 Å². The van der Waals surface area contributed by atoms with E-state index in [0.717, 1.165) is 36.6 Å². The normalized spacial score (nSPS) is 20.1. The fraction of sp³-hybridized carbons (Fsp3) is 0.375. The van der Waals surface area contributed by atoms with Crippen molar-refractivity contribution in [2.75, 3.05) is 18.0 Å². The summed E-state index contributed by atoms with van der Waals surface area (Å²) in [5.41, 5.74) is 7.99. The first-order valence-electron chi connectivity index (χ1n) is 7.12. The van der Waals surface area contributed by atoms with Gasteiger partial charge in [-0.3, -0.25) is 4.98 Å². The third-order valence-corrected chi connectivity index (χ3v) is 4.00. The van der Waals surface area contributed by atoms with Gasteiger partial charge in [-0.25, -0.2) is 4.98 Å². The molecule has 0 amide bonds. The lowest BCUT2D eigenvalue weighted by atomic mass is 10.0. The van der Waals surface area contributed by atoms with Crippen molar-refractivity contribution in [1.29, 1.82) is 0 Å². The van der Waals surface area contributed by atoms with Gasteiger partial charge in [0, 0.05) is 24.7 Å². The van der Waals surface area contributed by atoms with E-state index in [1.54, 1.807) is 0 Å². The Labute approximate surface area is 119 Å². The molecule has 1 aromatic heterocycles. The molecule has 1 fully saturated rings. The predicted octanol–water partition coefficient (Wildman–Crippen LogP) is 2.32. The van der Waals surface area contributed by atoms with Gasteiger partial charge in [-0.05, 0) is 19.3 Å². The highest BCUT2D eigenvalue weighted by Crippen LogP contribution is 2.24. The van der Waals surface area contributed by atoms with Crippen molar-refractivity contribution in [2.45, 2.75) is 19.4 Å². The van der Waals surface area contributed by atoms with E-state index in [-0.39, 0.29) is 6.04 Å². The highest BCUT2D eigenvalue weighted by molar-refractivity contribution is 5.58. The number of benzene rings is 1. The second kappa shape index (κ2) is 5.59. The van der Waals surface area contributed by atoms with Crippen LogP contribution < -0.4 is 10.6 Å². The van der Waals surface area contributed by atoms with Crippen LogP contribution in [0.1, 0.15) is 13.3 Å². The lowest BCUT2D eigenvalue weighted by Gasteiger charge is -2.18. The van der Waals surface area contributed by atoms with Crippen LogP contribution in [0.15, 0.2) is 42.7 Å². The van der Waals surface area contributed by atoms with Crippen molar-refractivity contribution in [3.63, 3.8) is 0 Å². The Balaban J connectivity index is 1.74. The first-order chi connectivity index (χ1) is 9.74. The minimum atomic E-state index is 0.247. The summed E-state index contributed by atoms with van der Waals surface area (Å²) >= 11 is 0. The summed E-state index contributed by atoms with van der Waals surface area (Å²) in [6.07, 6.45) is 4.86. The van der Waals surface area contributed by atoms with Gasteiger partial charge in [0.2, 0.25) is 0 Å². The van der Waals surface area contributed by atoms with Crippen LogP contribution in [0.2, 0.25) is 0 Å². The summed E-state index contributed by atoms with van der Waals surface area (Å²) in [5.74, 6) is 1.51. The van der Waals surface area contributed by atoms with E-state index in [0.29, 0.717) is 5.92 Å². The van der Waals surface area contributed by atoms with Crippen molar-refractivity contribution < 1.29 is 0 Å². The second-order valence-corrected chi connectivity index (χ2v) is 5.48. The lowest BCUT2D eigenvalue weighted by Crippen LogP contribution is -2.30. The quantitative estimate of drug-likeness (QED) is 0.928. The number of aromatic nitrogens is 2. The molecular formula is C16H20N4. The molecule has 104 valence electrons. The topological polar surface area (TPSA) is 55.0 Å². The van der Waals surface area contributed by atoms with Gasteiger partial charge in [-0.1, -0.05) is 30.3 Å². The maximum absolute atomic E-state index is 5.98. The molecule has 1 aromatic carbocycles. The molecule has 20 heavy (non-hydrogen) atoms. The fourth-order valence-corrected chi connectivity index (χ4v) is 2.67. The molecule has 0 bridgehead atoms. The van der Waals surface area contributed by atoms with Gasteiger partial charge in [0.05, 0.1) is 18.1 Å². The molecule has 1 aliphatic rings. The minimum absolute atomic E-state index is 0.247. The summed E-state index contributed by atoms with van der Waals surface area (Å²) in [6.45, 7) is 4.08. The average molecular weight is 268 g/mol. The van der Waals surface area contributed by atoms with Gasteiger partial charge in [0.25, 0.3) is 0 Å². The molecule has 2 unspecified atom stereocenters. The average Bonchev–Trinajstić information content (AvgIpc) is 2.98. The van der Waals surface area contributed by atoms with Crippen molar-refractivity contribution in [1.82, 2.24) is 9.97 Å². The van der Waals surface area contributed by atoms with E-state index < -0.39 is 0 Å². The zero-order valence-corrected chi connectivity index (χ0v) is 11.7. The Bertz CT molecular complexity index is 550. The zero-order valence-electron chi connectivity index (χ0n) is 11.7. The number of nitrogens with zero attached hydrogens (tertiary/aromatic N) is 3. The van der Waals surface area contributed by atoms with E-state index in [4.69, 9.17) is 5.73 Å². The van der Waals surface area contributed by atoms with Crippen molar-refractivity contribution in [3.05, 3.63) is 42.7 Å². The van der Waals surface area contributed by atoms with E-state index in [1.165, 1.54) is 0 Å². The number of rotatable bonds is 3. The largest absolute Gasteiger partial charge is 0.355 e. The number of hydrogen-bond acceptors (Lipinski definition) is 4. The molecule has 4 heteroatoms. The Hall–Kier alpha value is -1.94. The first kappa shape index (κ1) is 13.1. The van der Waals surface area contributed by atoms with Crippen LogP contribution >= 0.6 is 0 Å². The number of anilines is 1. The van der Waals surface area contributed by atoms with Crippen LogP contribution in [-0.4, -0.2) is 29.1 Å². The van der Waals surface area contributed by atoms with Gasteiger partial charge in [0.15, 0.2) is 0 Å². The van der Waals surface area contributed by atoms with E-state index >= 15 is 0 Å². The minimum Gasteiger partial charge on any atom is -0.355 e. The molecule has 2 N–H and O–H groups in total. The molecule has 4 nitrogen and oxygen atoms in total. The summed E-state index contributed by atoms with van der Waals surface area (Å²) in [7, 11) is 0. The lowest BCUT2D eigenvalue weighted by molar-refractivity contribution is 0.488. The molecule has 0 saturated carbocycles. The third-order valence-electron chi connectivity index (χ3n) is 4.00. The maximum atomic E-state index is 5.98. The molecule has 2 aromatic rings. The Morgan fingerprint density at radius 1 is 1.20 bits per heavy atom. The standard InChI is InChI=1S/C16H20N4/c1-12(17)14-7-8-20(11-14)16-10-18-15(9-19-16)13-5-3-2-4-6-13/h2-6,9-10,12,14H,7-8,11,17H2,1H3. The molecule has 2 heterocycles. The monoisotopic (exact) mass is 268 g/mol. The Morgan fingerprint density at radius 3 is 2.60 bits per heavy atom. The maximum Gasteiger partial charge on any atom is 0.147 e. The smallest absolute Gasteiger partial charge is 0.147 e. The zero-order chi connectivity index (χ0) is 13.9. The summed E-state index contributed by atoms with van der Waals surface area (Å²) in [4.78, 5) is 11.4. The number of hydrogen-bond donors (Lipinski definition) is 1. The third kappa shape index (κ3) is 2.65. The summed E-state index contributed by atoms with van der Waals surface area (Å²) in [5, 5.41) is 0. The SMILES string of the molecule is CC(N)C1CCN(c2cnc(-c3ccccc3)cn2)C1. The van der Waals surface area contributed by atoms with Crippen molar-refractivity contribution in [3.8, 4) is 11.3 Å². The molecule has 3 rings (SSSR count). The molecular weight excluding hydrogens is 248 g/mol. The van der Waals surface area contributed by atoms with Gasteiger partial charge < -0.3 is 10.6 Å². The highest BCUT2D eigenvalue weighted by atomic mass is 15.2. The van der Waals surface area contributed by atoms with E-state index in [1.807, 2.05) is 42.7 Å². The van der Waals surface area contributed by atoms with Crippen LogP contribution in [0.25, 0.3) is 11.3 Å². The van der Waals surface area contributed by atoms with Crippen molar-refractivity contribution >= 4 is 5.82 Å². The Kier molecular flexibility index (Phi) is 3.65. The predicted molar refractivity (Wildman–Crippen MR) is 81.4 cm³/mol. The second-order valence-electron chi connectivity index (χ2n) is 5.48. The molecule has 0 spiro atoms. The van der Waals surface area contributed by atoms with Crippen LogP contribution in [-0.2, 0) is 0 Å². The van der Waals surface area contributed by atoms with Gasteiger partial charge in [0.1, 0.15) is 5.82 Å². The van der Waals surface area contributed by atoms with Crippen LogP contribution in [0.5, 0.6) is 0 Å². The fourth-order valence-electron chi connectivity index (χ4n) is 2.67. The van der Waals surface area contributed by atoms with Gasteiger partial charge >= 0.3 is 0 Å². The highest BCUT2D eigenvalue weighted by Gasteiger charge is 2.26. The summed E-state index contributed by atoms with van der Waals surface area (Å²) in [6, 6.07) is 10.4. The van der Waals surface area contributed by atoms with E-state index in [2.05, 4.69) is 21.8 Å². The Morgan fingerprint density at radius 2 is 2.00 bits per heavy atom. The van der Waals surface area contributed by atoms with Crippen LogP contribution in [0.4, 0.5) is 5.82 Å². The molecule has 0 radical (unpaired) electrons. The van der Waals surface area contributed by atoms with E-state index in [9.17, 15) is 0 Å². The van der Waals surface area contributed by atoms with Crippen LogP contribution in [0.3, 0.4) is 0 Å². The van der Waals surface area contributed by atoms with Gasteiger partial charge in [-0.15, -0.1) is 0 Å². The molecule has 2 atom stereocenters. The van der Waals surface area contributed by atoms with Crippen LogP contribution in [0, 0.1) is 5.92 Å². The molecule has 0 aliphatic carbocycles. The molecule has 1 saturated heterocycles.